The average Bonchev–Trinajstić information content (AvgIpc) is 2.36. The number of amides is 3. The van der Waals surface area contributed by atoms with Crippen molar-refractivity contribution >= 4 is 12.1 Å². The highest BCUT2D eigenvalue weighted by Gasteiger charge is 2.38. The third-order valence-corrected chi connectivity index (χ3v) is 3.59. The van der Waals surface area contributed by atoms with Gasteiger partial charge in [-0.2, -0.15) is 13.2 Å². The molecule has 1 heterocycles. The Bertz CT molecular complexity index is 449. The Balaban J connectivity index is 2.66. The van der Waals surface area contributed by atoms with Crippen LogP contribution < -0.4 is 5.32 Å². The van der Waals surface area contributed by atoms with E-state index in [0.717, 1.165) is 0 Å². The monoisotopic (exact) mass is 339 g/mol. The topological polar surface area (TPSA) is 61.9 Å². The third kappa shape index (κ3) is 5.80. The Labute approximate surface area is 133 Å². The van der Waals surface area contributed by atoms with Gasteiger partial charge in [0.15, 0.2) is 0 Å². The lowest BCUT2D eigenvalue weighted by molar-refractivity contribution is -0.123. The van der Waals surface area contributed by atoms with E-state index < -0.39 is 36.5 Å². The number of hydrogen-bond acceptors (Lipinski definition) is 3. The number of alkyl halides is 3. The van der Waals surface area contributed by atoms with Gasteiger partial charge in [0.1, 0.15) is 12.1 Å². The number of carbonyl (C=O) groups is 2. The molecular formula is C14H24F3N3O3. The summed E-state index contributed by atoms with van der Waals surface area (Å²) in [5, 5.41) is 1.85. The fourth-order valence-corrected chi connectivity index (χ4v) is 2.29. The molecule has 0 aromatic rings. The van der Waals surface area contributed by atoms with E-state index in [2.05, 4.69) is 0 Å². The molecule has 1 rings (SSSR count). The zero-order valence-electron chi connectivity index (χ0n) is 14.0. The summed E-state index contributed by atoms with van der Waals surface area (Å²) in [6.45, 7) is 7.65. The van der Waals surface area contributed by atoms with Crippen LogP contribution in [0.2, 0.25) is 0 Å². The molecule has 0 saturated carbocycles. The quantitative estimate of drug-likeness (QED) is 0.799. The molecule has 3 amide bonds. The van der Waals surface area contributed by atoms with Gasteiger partial charge in [-0.05, 0) is 34.6 Å². The molecule has 6 nitrogen and oxygen atoms in total. The number of ether oxygens (including phenoxy) is 1. The second-order valence-electron chi connectivity index (χ2n) is 6.62. The maximum Gasteiger partial charge on any atom is 0.410 e. The molecule has 9 heteroatoms. The minimum atomic E-state index is -4.46. The number of nitrogens with one attached hydrogen (secondary N) is 1. The van der Waals surface area contributed by atoms with Crippen LogP contribution in [0.4, 0.5) is 22.8 Å². The zero-order valence-corrected chi connectivity index (χ0v) is 14.0. The lowest BCUT2D eigenvalue weighted by Gasteiger charge is -2.44. The third-order valence-electron chi connectivity index (χ3n) is 3.59. The van der Waals surface area contributed by atoms with Crippen LogP contribution >= 0.6 is 0 Å². The Morgan fingerprint density at radius 1 is 1.09 bits per heavy atom. The molecule has 0 radical (unpaired) electrons. The standard InChI is InChI=1S/C14H24F3N3O3/c1-9-10(2)20(12(22)23-13(3,4)5)7-6-19(9)11(21)18-8-14(15,16)17/h9-10H,6-8H2,1-5H3,(H,18,21)/t9-,10+/m1/s1. The van der Waals surface area contributed by atoms with Crippen molar-refractivity contribution in [2.45, 2.75) is 58.5 Å². The van der Waals surface area contributed by atoms with Gasteiger partial charge in [0.2, 0.25) is 0 Å². The maximum absolute atomic E-state index is 12.2. The number of rotatable bonds is 1. The number of urea groups is 1. The zero-order chi connectivity index (χ0) is 18.0. The predicted molar refractivity (Wildman–Crippen MR) is 78.0 cm³/mol. The summed E-state index contributed by atoms with van der Waals surface area (Å²) in [6, 6.07) is -1.58. The molecule has 134 valence electrons. The van der Waals surface area contributed by atoms with Gasteiger partial charge >= 0.3 is 18.3 Å². The lowest BCUT2D eigenvalue weighted by atomic mass is 10.1. The van der Waals surface area contributed by atoms with E-state index in [4.69, 9.17) is 4.74 Å². The summed E-state index contributed by atoms with van der Waals surface area (Å²) >= 11 is 0. The van der Waals surface area contributed by atoms with Crippen LogP contribution in [0.25, 0.3) is 0 Å². The number of piperazine rings is 1. The number of nitrogens with zero attached hydrogens (tertiary/aromatic N) is 2. The van der Waals surface area contributed by atoms with Crippen LogP contribution in [0.15, 0.2) is 0 Å². The Kier molecular flexibility index (Phi) is 5.76. The van der Waals surface area contributed by atoms with Crippen LogP contribution in [0.3, 0.4) is 0 Å². The molecule has 0 bridgehead atoms. The molecule has 0 aromatic carbocycles. The normalized spacial score (nSPS) is 22.8. The summed E-state index contributed by atoms with van der Waals surface area (Å²) < 4.78 is 41.8. The molecule has 2 atom stereocenters. The summed E-state index contributed by atoms with van der Waals surface area (Å²) in [4.78, 5) is 26.8. The Morgan fingerprint density at radius 3 is 2.04 bits per heavy atom. The van der Waals surface area contributed by atoms with E-state index in [1.165, 1.54) is 9.80 Å². The van der Waals surface area contributed by atoms with Crippen molar-refractivity contribution in [3.05, 3.63) is 0 Å². The first-order valence-electron chi connectivity index (χ1n) is 7.42. The van der Waals surface area contributed by atoms with E-state index >= 15 is 0 Å². The van der Waals surface area contributed by atoms with Crippen molar-refractivity contribution in [3.63, 3.8) is 0 Å². The molecule has 0 spiro atoms. The number of hydrogen-bond donors (Lipinski definition) is 1. The van der Waals surface area contributed by atoms with Gasteiger partial charge in [0, 0.05) is 13.1 Å². The highest BCUT2D eigenvalue weighted by atomic mass is 19.4. The van der Waals surface area contributed by atoms with Crippen LogP contribution in [-0.2, 0) is 4.74 Å². The van der Waals surface area contributed by atoms with Crippen molar-refractivity contribution in [2.24, 2.45) is 0 Å². The summed E-state index contributed by atoms with van der Waals surface area (Å²) in [5.41, 5.74) is -0.638. The molecule has 1 saturated heterocycles. The molecule has 0 aliphatic carbocycles. The summed E-state index contributed by atoms with van der Waals surface area (Å²) in [6.07, 6.45) is -4.95. The van der Waals surface area contributed by atoms with Crippen LogP contribution in [-0.4, -0.2) is 65.4 Å². The van der Waals surface area contributed by atoms with Crippen molar-refractivity contribution in [1.29, 1.82) is 0 Å². The van der Waals surface area contributed by atoms with Gasteiger partial charge in [-0.15, -0.1) is 0 Å². The van der Waals surface area contributed by atoms with Gasteiger partial charge in [-0.25, -0.2) is 9.59 Å². The largest absolute Gasteiger partial charge is 0.444 e. The second kappa shape index (κ2) is 6.84. The second-order valence-corrected chi connectivity index (χ2v) is 6.62. The van der Waals surface area contributed by atoms with Gasteiger partial charge in [-0.1, -0.05) is 0 Å². The van der Waals surface area contributed by atoms with E-state index in [9.17, 15) is 22.8 Å². The average molecular weight is 339 g/mol. The van der Waals surface area contributed by atoms with Crippen LogP contribution in [0, 0.1) is 0 Å². The SMILES string of the molecule is C[C@@H]1[C@H](C)N(C(=O)OC(C)(C)C)CCN1C(=O)NCC(F)(F)F. The lowest BCUT2D eigenvalue weighted by Crippen LogP contribution is -2.62. The van der Waals surface area contributed by atoms with Crippen molar-refractivity contribution < 1.29 is 27.5 Å². The molecule has 0 aromatic heterocycles. The van der Waals surface area contributed by atoms with E-state index in [-0.39, 0.29) is 19.1 Å². The molecular weight excluding hydrogens is 315 g/mol. The smallest absolute Gasteiger partial charge is 0.410 e. The van der Waals surface area contributed by atoms with Gasteiger partial charge in [0.05, 0.1) is 12.1 Å². The van der Waals surface area contributed by atoms with Crippen molar-refractivity contribution in [1.82, 2.24) is 15.1 Å². The van der Waals surface area contributed by atoms with E-state index in [1.807, 2.05) is 5.32 Å². The maximum atomic E-state index is 12.2. The van der Waals surface area contributed by atoms with Crippen LogP contribution in [0.5, 0.6) is 0 Å². The highest BCUT2D eigenvalue weighted by molar-refractivity contribution is 5.75. The molecule has 1 aliphatic heterocycles. The first kappa shape index (κ1) is 19.4. The molecule has 1 aliphatic rings. The Morgan fingerprint density at radius 2 is 1.57 bits per heavy atom. The molecule has 23 heavy (non-hydrogen) atoms. The minimum absolute atomic E-state index is 0.147. The summed E-state index contributed by atoms with van der Waals surface area (Å²) in [5.74, 6) is 0. The van der Waals surface area contributed by atoms with Gasteiger partial charge in [-0.3, -0.25) is 0 Å². The van der Waals surface area contributed by atoms with Crippen LogP contribution in [0.1, 0.15) is 34.6 Å². The molecule has 1 fully saturated rings. The van der Waals surface area contributed by atoms with E-state index in [0.29, 0.717) is 0 Å². The molecule has 0 unspecified atom stereocenters. The number of carbonyl (C=O) groups excluding carboxylic acids is 2. The number of halogens is 3. The first-order chi connectivity index (χ1) is 10.3. The van der Waals surface area contributed by atoms with Gasteiger partial charge < -0.3 is 19.9 Å². The first-order valence-corrected chi connectivity index (χ1v) is 7.42. The fourth-order valence-electron chi connectivity index (χ4n) is 2.29. The predicted octanol–water partition coefficient (Wildman–Crippen LogP) is 2.59. The van der Waals surface area contributed by atoms with Crippen molar-refractivity contribution in [2.75, 3.05) is 19.6 Å². The Hall–Kier alpha value is -1.67. The van der Waals surface area contributed by atoms with Gasteiger partial charge in [0.25, 0.3) is 0 Å². The highest BCUT2D eigenvalue weighted by Crippen LogP contribution is 2.20. The molecule has 1 N–H and O–H groups in total. The van der Waals surface area contributed by atoms with E-state index in [1.54, 1.807) is 34.6 Å². The summed E-state index contributed by atoms with van der Waals surface area (Å²) in [7, 11) is 0. The minimum Gasteiger partial charge on any atom is -0.444 e. The van der Waals surface area contributed by atoms with Crippen molar-refractivity contribution in [3.8, 4) is 0 Å². The fraction of sp³-hybridized carbons (Fsp3) is 0.857.